The van der Waals surface area contributed by atoms with Crippen LogP contribution in [0.1, 0.15) is 17.0 Å². The number of nitrogens with zero attached hydrogens (tertiary/aromatic N) is 1. The molecule has 1 aromatic heterocycles. The first-order chi connectivity index (χ1) is 8.06. The van der Waals surface area contributed by atoms with Crippen molar-refractivity contribution in [3.63, 3.8) is 0 Å². The van der Waals surface area contributed by atoms with Crippen LogP contribution in [0.3, 0.4) is 0 Å². The number of benzene rings is 1. The molecular formula is C13H12NO3-. The maximum atomic E-state index is 10.5. The summed E-state index contributed by atoms with van der Waals surface area (Å²) in [6.45, 7) is 3.69. The Bertz CT molecular complexity index is 540. The summed E-state index contributed by atoms with van der Waals surface area (Å²) >= 11 is 0. The average Bonchev–Trinajstić information content (AvgIpc) is 2.60. The van der Waals surface area contributed by atoms with Gasteiger partial charge in [-0.05, 0) is 26.0 Å². The Morgan fingerprint density at radius 1 is 1.29 bits per heavy atom. The highest BCUT2D eigenvalue weighted by atomic mass is 16.4. The normalized spacial score (nSPS) is 10.5. The first-order valence-corrected chi connectivity index (χ1v) is 5.29. The van der Waals surface area contributed by atoms with Crippen molar-refractivity contribution in [2.24, 2.45) is 0 Å². The number of aryl methyl sites for hydroxylation is 2. The molecule has 0 unspecified atom stereocenters. The highest BCUT2D eigenvalue weighted by Crippen LogP contribution is 2.22. The molecule has 0 atom stereocenters. The summed E-state index contributed by atoms with van der Waals surface area (Å²) in [6.07, 6.45) is -0.221. The summed E-state index contributed by atoms with van der Waals surface area (Å²) in [5.41, 5.74) is 2.40. The van der Waals surface area contributed by atoms with Crippen molar-refractivity contribution in [2.45, 2.75) is 20.3 Å². The number of hydrogen-bond acceptors (Lipinski definition) is 4. The first-order valence-electron chi connectivity index (χ1n) is 5.29. The molecule has 4 nitrogen and oxygen atoms in total. The molecule has 0 fully saturated rings. The molecule has 0 bridgehead atoms. The number of rotatable bonds is 3. The Labute approximate surface area is 98.9 Å². The third-order valence-electron chi connectivity index (χ3n) is 2.50. The number of aliphatic carboxylic acids is 1. The summed E-state index contributed by atoms with van der Waals surface area (Å²) in [5, 5.41) is 10.5. The molecule has 1 heterocycles. The fourth-order valence-electron chi connectivity index (χ4n) is 1.55. The van der Waals surface area contributed by atoms with E-state index < -0.39 is 5.97 Å². The lowest BCUT2D eigenvalue weighted by Gasteiger charge is -1.97. The van der Waals surface area contributed by atoms with Crippen molar-refractivity contribution in [1.82, 2.24) is 4.98 Å². The minimum Gasteiger partial charge on any atom is -0.550 e. The second-order valence-corrected chi connectivity index (χ2v) is 3.94. The van der Waals surface area contributed by atoms with E-state index in [-0.39, 0.29) is 6.42 Å². The van der Waals surface area contributed by atoms with Crippen LogP contribution in [0.4, 0.5) is 0 Å². The van der Waals surface area contributed by atoms with Crippen LogP contribution in [0.15, 0.2) is 28.7 Å². The van der Waals surface area contributed by atoms with E-state index in [2.05, 4.69) is 4.98 Å². The van der Waals surface area contributed by atoms with Crippen molar-refractivity contribution in [3.8, 4) is 11.5 Å². The molecule has 2 rings (SSSR count). The minimum atomic E-state index is -1.16. The van der Waals surface area contributed by atoms with E-state index in [0.29, 0.717) is 17.3 Å². The number of carbonyl (C=O) groups is 1. The van der Waals surface area contributed by atoms with Gasteiger partial charge in [0.05, 0.1) is 5.69 Å². The number of carbonyl (C=O) groups excluding carboxylic acids is 1. The zero-order chi connectivity index (χ0) is 12.4. The summed E-state index contributed by atoms with van der Waals surface area (Å²) < 4.78 is 5.44. The van der Waals surface area contributed by atoms with Crippen LogP contribution in [-0.2, 0) is 11.2 Å². The van der Waals surface area contributed by atoms with Gasteiger partial charge >= 0.3 is 0 Å². The molecule has 4 heteroatoms. The Morgan fingerprint density at radius 3 is 2.53 bits per heavy atom. The lowest BCUT2D eigenvalue weighted by Crippen LogP contribution is -2.24. The average molecular weight is 230 g/mol. The standard InChI is InChI=1S/C13H13NO3/c1-8-3-5-10(6-4-8)13-14-11(7-12(15)16)9(2)17-13/h3-6H,7H2,1-2H3,(H,15,16)/p-1. The molecule has 17 heavy (non-hydrogen) atoms. The molecule has 0 aliphatic heterocycles. The highest BCUT2D eigenvalue weighted by Gasteiger charge is 2.11. The second-order valence-electron chi connectivity index (χ2n) is 3.94. The Kier molecular flexibility index (Phi) is 2.95. The number of carboxylic acid groups (broad SMARTS) is 1. The summed E-state index contributed by atoms with van der Waals surface area (Å²) in [5.74, 6) is -0.194. The quantitative estimate of drug-likeness (QED) is 0.795. The van der Waals surface area contributed by atoms with Gasteiger partial charge in [0.25, 0.3) is 0 Å². The zero-order valence-electron chi connectivity index (χ0n) is 9.69. The lowest BCUT2D eigenvalue weighted by atomic mass is 10.1. The zero-order valence-corrected chi connectivity index (χ0v) is 9.69. The van der Waals surface area contributed by atoms with Gasteiger partial charge in [0, 0.05) is 18.0 Å². The molecule has 0 amide bonds. The molecule has 0 aliphatic carbocycles. The van der Waals surface area contributed by atoms with Crippen LogP contribution >= 0.6 is 0 Å². The second kappa shape index (κ2) is 4.41. The molecule has 88 valence electrons. The summed E-state index contributed by atoms with van der Waals surface area (Å²) in [4.78, 5) is 14.7. The van der Waals surface area contributed by atoms with Crippen molar-refractivity contribution in [1.29, 1.82) is 0 Å². The van der Waals surface area contributed by atoms with Crippen molar-refractivity contribution in [2.75, 3.05) is 0 Å². The SMILES string of the molecule is Cc1ccc(-c2nc(CC(=O)[O-])c(C)o2)cc1. The van der Waals surface area contributed by atoms with Crippen LogP contribution in [0, 0.1) is 13.8 Å². The van der Waals surface area contributed by atoms with Gasteiger partial charge in [0.15, 0.2) is 0 Å². The van der Waals surface area contributed by atoms with Crippen LogP contribution < -0.4 is 5.11 Å². The predicted octanol–water partition coefficient (Wildman–Crippen LogP) is 1.25. The molecular weight excluding hydrogens is 218 g/mol. The molecule has 2 aromatic rings. The number of aromatic nitrogens is 1. The maximum Gasteiger partial charge on any atom is 0.226 e. The maximum absolute atomic E-state index is 10.5. The molecule has 0 N–H and O–H groups in total. The molecule has 0 spiro atoms. The Morgan fingerprint density at radius 2 is 1.94 bits per heavy atom. The fourth-order valence-corrected chi connectivity index (χ4v) is 1.55. The Balaban J connectivity index is 2.34. The van der Waals surface area contributed by atoms with Gasteiger partial charge in [0.1, 0.15) is 5.76 Å². The third-order valence-corrected chi connectivity index (χ3v) is 2.50. The van der Waals surface area contributed by atoms with Crippen LogP contribution in [0.2, 0.25) is 0 Å². The third kappa shape index (κ3) is 2.53. The molecule has 0 saturated heterocycles. The van der Waals surface area contributed by atoms with Crippen molar-refractivity contribution < 1.29 is 14.3 Å². The molecule has 0 saturated carbocycles. The largest absolute Gasteiger partial charge is 0.550 e. The van der Waals surface area contributed by atoms with Gasteiger partial charge < -0.3 is 14.3 Å². The summed E-state index contributed by atoms with van der Waals surface area (Å²) in [6, 6.07) is 7.69. The van der Waals surface area contributed by atoms with Crippen molar-refractivity contribution >= 4 is 5.97 Å². The summed E-state index contributed by atoms with van der Waals surface area (Å²) in [7, 11) is 0. The van der Waals surface area contributed by atoms with Gasteiger partial charge in [-0.2, -0.15) is 0 Å². The highest BCUT2D eigenvalue weighted by molar-refractivity contribution is 5.68. The van der Waals surface area contributed by atoms with Crippen LogP contribution in [0.5, 0.6) is 0 Å². The number of hydrogen-bond donors (Lipinski definition) is 0. The van der Waals surface area contributed by atoms with Crippen LogP contribution in [-0.4, -0.2) is 11.0 Å². The smallest absolute Gasteiger partial charge is 0.226 e. The number of carboxylic acids is 1. The van der Waals surface area contributed by atoms with E-state index >= 15 is 0 Å². The molecule has 0 aliphatic rings. The van der Waals surface area contributed by atoms with E-state index in [4.69, 9.17) is 4.42 Å². The Hall–Kier alpha value is -2.10. The van der Waals surface area contributed by atoms with Crippen molar-refractivity contribution in [3.05, 3.63) is 41.3 Å². The van der Waals surface area contributed by atoms with Crippen LogP contribution in [0.25, 0.3) is 11.5 Å². The van der Waals surface area contributed by atoms with E-state index in [9.17, 15) is 9.90 Å². The monoisotopic (exact) mass is 230 g/mol. The van der Waals surface area contributed by atoms with E-state index in [1.807, 2.05) is 31.2 Å². The topological polar surface area (TPSA) is 66.2 Å². The minimum absolute atomic E-state index is 0.221. The molecule has 0 radical (unpaired) electrons. The molecule has 1 aromatic carbocycles. The fraction of sp³-hybridized carbons (Fsp3) is 0.231. The van der Waals surface area contributed by atoms with Gasteiger partial charge in [-0.15, -0.1) is 0 Å². The first kappa shape index (κ1) is 11.4. The van der Waals surface area contributed by atoms with Gasteiger partial charge in [0.2, 0.25) is 5.89 Å². The van der Waals surface area contributed by atoms with E-state index in [0.717, 1.165) is 11.1 Å². The lowest BCUT2D eigenvalue weighted by molar-refractivity contribution is -0.304. The van der Waals surface area contributed by atoms with Gasteiger partial charge in [-0.1, -0.05) is 17.7 Å². The number of oxazole rings is 1. The van der Waals surface area contributed by atoms with E-state index in [1.165, 1.54) is 0 Å². The van der Waals surface area contributed by atoms with Gasteiger partial charge in [-0.3, -0.25) is 0 Å². The predicted molar refractivity (Wildman–Crippen MR) is 60.1 cm³/mol. The van der Waals surface area contributed by atoms with Gasteiger partial charge in [-0.25, -0.2) is 4.98 Å². The van der Waals surface area contributed by atoms with E-state index in [1.54, 1.807) is 6.92 Å².